The Morgan fingerprint density at radius 3 is 2.42 bits per heavy atom. The number of likely N-dealkylation sites (tertiary alicyclic amines) is 1. The molecule has 1 atom stereocenters. The molecule has 0 radical (unpaired) electrons. The fourth-order valence-electron chi connectivity index (χ4n) is 4.63. The van der Waals surface area contributed by atoms with Gasteiger partial charge in [0.25, 0.3) is 5.91 Å². The minimum atomic E-state index is -0.182. The molecular weight excluding hydrogens is 390 g/mol. The highest BCUT2D eigenvalue weighted by atomic mass is 16.2. The topological polar surface area (TPSA) is 69.7 Å². The Labute approximate surface area is 182 Å². The maximum Gasteiger partial charge on any atom is 0.258 e. The number of hydrogen-bond acceptors (Lipinski definition) is 3. The van der Waals surface area contributed by atoms with Crippen LogP contribution in [0.2, 0.25) is 0 Å². The molecule has 0 aromatic heterocycles. The van der Waals surface area contributed by atoms with Gasteiger partial charge in [-0.3, -0.25) is 14.4 Å². The second-order valence-electron chi connectivity index (χ2n) is 8.80. The first-order valence-electron chi connectivity index (χ1n) is 11.2. The Kier molecular flexibility index (Phi) is 5.22. The second-order valence-corrected chi connectivity index (χ2v) is 8.80. The van der Waals surface area contributed by atoms with E-state index in [1.54, 1.807) is 24.3 Å². The molecule has 5 rings (SSSR count). The molecule has 3 aliphatic rings. The molecule has 2 fully saturated rings. The van der Waals surface area contributed by atoms with Gasteiger partial charge >= 0.3 is 0 Å². The van der Waals surface area contributed by atoms with E-state index >= 15 is 0 Å². The number of carbonyl (C=O) groups excluding carboxylic acids is 3. The van der Waals surface area contributed by atoms with Crippen molar-refractivity contribution in [3.05, 3.63) is 59.7 Å². The minimum absolute atomic E-state index is 0.0238. The highest BCUT2D eigenvalue weighted by Gasteiger charge is 2.36. The summed E-state index contributed by atoms with van der Waals surface area (Å²) in [7, 11) is 0. The molecule has 1 aliphatic carbocycles. The number of piperidine rings is 1. The highest BCUT2D eigenvalue weighted by Crippen LogP contribution is 2.33. The first kappa shape index (κ1) is 19.8. The van der Waals surface area contributed by atoms with E-state index < -0.39 is 0 Å². The van der Waals surface area contributed by atoms with E-state index in [0.717, 1.165) is 44.3 Å². The summed E-state index contributed by atoms with van der Waals surface area (Å²) in [6, 6.07) is 15.1. The lowest BCUT2D eigenvalue weighted by atomic mass is 9.96. The normalized spacial score (nSPS) is 20.3. The first-order chi connectivity index (χ1) is 15.1. The van der Waals surface area contributed by atoms with Gasteiger partial charge in [-0.1, -0.05) is 18.2 Å². The van der Waals surface area contributed by atoms with E-state index in [4.69, 9.17) is 0 Å². The zero-order valence-corrected chi connectivity index (χ0v) is 17.5. The summed E-state index contributed by atoms with van der Waals surface area (Å²) < 4.78 is 0. The Balaban J connectivity index is 1.21. The number of fused-ring (bicyclic) bond motifs is 1. The van der Waals surface area contributed by atoms with Gasteiger partial charge in [0.05, 0.1) is 5.92 Å². The van der Waals surface area contributed by atoms with Crippen molar-refractivity contribution in [2.75, 3.05) is 29.9 Å². The van der Waals surface area contributed by atoms with E-state index in [9.17, 15) is 14.4 Å². The number of hydrogen-bond donors (Lipinski definition) is 1. The van der Waals surface area contributed by atoms with Gasteiger partial charge in [0, 0.05) is 42.5 Å². The van der Waals surface area contributed by atoms with Gasteiger partial charge in [0.2, 0.25) is 11.8 Å². The molecule has 31 heavy (non-hydrogen) atoms. The molecule has 2 aromatic rings. The Morgan fingerprint density at radius 1 is 0.871 bits per heavy atom. The summed E-state index contributed by atoms with van der Waals surface area (Å²) in [4.78, 5) is 41.7. The van der Waals surface area contributed by atoms with Crippen LogP contribution in [-0.2, 0) is 16.0 Å². The number of benzene rings is 2. The minimum Gasteiger partial charge on any atom is -0.342 e. The lowest BCUT2D eigenvalue weighted by Crippen LogP contribution is -2.44. The van der Waals surface area contributed by atoms with Crippen LogP contribution in [0.25, 0.3) is 0 Å². The van der Waals surface area contributed by atoms with Crippen LogP contribution < -0.4 is 10.2 Å². The molecule has 1 saturated carbocycles. The fraction of sp³-hybridized carbons (Fsp3) is 0.400. The van der Waals surface area contributed by atoms with Crippen LogP contribution >= 0.6 is 0 Å². The van der Waals surface area contributed by atoms with Gasteiger partial charge in [0.15, 0.2) is 0 Å². The van der Waals surface area contributed by atoms with Crippen molar-refractivity contribution in [3.63, 3.8) is 0 Å². The third kappa shape index (κ3) is 4.07. The van der Waals surface area contributed by atoms with Gasteiger partial charge in [-0.2, -0.15) is 0 Å². The molecule has 2 aromatic carbocycles. The molecule has 160 valence electrons. The van der Waals surface area contributed by atoms with Crippen molar-refractivity contribution in [2.24, 2.45) is 11.8 Å². The SMILES string of the molecule is O=C(Nc1ccc(C(=O)N2CCc3ccccc32)cc1)C1CCCN(C(=O)C2CC2)C1. The number of nitrogens with zero attached hydrogens (tertiary/aromatic N) is 2. The Morgan fingerprint density at radius 2 is 1.65 bits per heavy atom. The molecule has 6 heteroatoms. The van der Waals surface area contributed by atoms with Crippen LogP contribution in [0.5, 0.6) is 0 Å². The molecule has 6 nitrogen and oxygen atoms in total. The van der Waals surface area contributed by atoms with Crippen molar-refractivity contribution in [2.45, 2.75) is 32.1 Å². The number of para-hydroxylation sites is 1. The summed E-state index contributed by atoms with van der Waals surface area (Å²) in [5.41, 5.74) is 3.46. The number of anilines is 2. The summed E-state index contributed by atoms with van der Waals surface area (Å²) >= 11 is 0. The largest absolute Gasteiger partial charge is 0.342 e. The molecule has 0 bridgehead atoms. The maximum absolute atomic E-state index is 13.0. The van der Waals surface area contributed by atoms with Crippen LogP contribution in [0.1, 0.15) is 41.6 Å². The van der Waals surface area contributed by atoms with Crippen molar-refractivity contribution in [1.29, 1.82) is 0 Å². The third-order valence-electron chi connectivity index (χ3n) is 6.56. The average molecular weight is 418 g/mol. The second kappa shape index (κ2) is 8.17. The number of rotatable bonds is 4. The predicted molar refractivity (Wildman–Crippen MR) is 119 cm³/mol. The molecule has 1 N–H and O–H groups in total. The van der Waals surface area contributed by atoms with Gasteiger partial charge in [0.1, 0.15) is 0 Å². The number of carbonyl (C=O) groups is 3. The summed E-state index contributed by atoms with van der Waals surface area (Å²) in [5, 5.41) is 2.97. The van der Waals surface area contributed by atoms with Crippen LogP contribution in [0.3, 0.4) is 0 Å². The molecular formula is C25H27N3O3. The summed E-state index contributed by atoms with van der Waals surface area (Å²) in [5.74, 6) is 0.141. The van der Waals surface area contributed by atoms with Crippen molar-refractivity contribution in [1.82, 2.24) is 4.90 Å². The van der Waals surface area contributed by atoms with Crippen molar-refractivity contribution in [3.8, 4) is 0 Å². The molecule has 0 spiro atoms. The highest BCUT2D eigenvalue weighted by molar-refractivity contribution is 6.07. The zero-order valence-electron chi connectivity index (χ0n) is 17.5. The number of nitrogens with one attached hydrogen (secondary N) is 1. The molecule has 1 saturated heterocycles. The van der Waals surface area contributed by atoms with Crippen molar-refractivity contribution < 1.29 is 14.4 Å². The van der Waals surface area contributed by atoms with Crippen LogP contribution in [0, 0.1) is 11.8 Å². The zero-order chi connectivity index (χ0) is 21.4. The lowest BCUT2D eigenvalue weighted by molar-refractivity contribution is -0.135. The first-order valence-corrected chi connectivity index (χ1v) is 11.2. The molecule has 3 amide bonds. The van der Waals surface area contributed by atoms with Gasteiger partial charge in [-0.05, 0) is 68.0 Å². The summed E-state index contributed by atoms with van der Waals surface area (Å²) in [6.45, 7) is 1.95. The monoisotopic (exact) mass is 417 g/mol. The Hall–Kier alpha value is -3.15. The van der Waals surface area contributed by atoms with E-state index in [1.807, 2.05) is 28.0 Å². The lowest BCUT2D eigenvalue weighted by Gasteiger charge is -2.32. The fourth-order valence-corrected chi connectivity index (χ4v) is 4.63. The smallest absolute Gasteiger partial charge is 0.258 e. The molecule has 1 unspecified atom stereocenters. The van der Waals surface area contributed by atoms with Crippen molar-refractivity contribution >= 4 is 29.1 Å². The van der Waals surface area contributed by atoms with E-state index in [-0.39, 0.29) is 29.6 Å². The van der Waals surface area contributed by atoms with E-state index in [0.29, 0.717) is 24.3 Å². The average Bonchev–Trinajstić information content (AvgIpc) is 3.57. The summed E-state index contributed by atoms with van der Waals surface area (Å²) in [6.07, 6.45) is 4.50. The molecule has 2 heterocycles. The van der Waals surface area contributed by atoms with Crippen LogP contribution in [-0.4, -0.2) is 42.3 Å². The Bertz CT molecular complexity index is 1010. The van der Waals surface area contributed by atoms with E-state index in [1.165, 1.54) is 5.56 Å². The quantitative estimate of drug-likeness (QED) is 0.828. The van der Waals surface area contributed by atoms with Crippen LogP contribution in [0.4, 0.5) is 11.4 Å². The van der Waals surface area contributed by atoms with Gasteiger partial charge in [-0.15, -0.1) is 0 Å². The third-order valence-corrected chi connectivity index (χ3v) is 6.56. The van der Waals surface area contributed by atoms with Gasteiger partial charge < -0.3 is 15.1 Å². The maximum atomic E-state index is 13.0. The predicted octanol–water partition coefficient (Wildman–Crippen LogP) is 3.48. The standard InChI is InChI=1S/C25H27N3O3/c29-23(20-5-3-14-27(16-20)24(30)18-7-8-18)26-21-11-9-19(10-12-21)25(31)28-15-13-17-4-1-2-6-22(17)28/h1-2,4,6,9-12,18,20H,3,5,7-8,13-16H2,(H,26,29). The van der Waals surface area contributed by atoms with Gasteiger partial charge in [-0.25, -0.2) is 0 Å². The van der Waals surface area contributed by atoms with Crippen LogP contribution in [0.15, 0.2) is 48.5 Å². The molecule has 2 aliphatic heterocycles. The number of amides is 3. The van der Waals surface area contributed by atoms with E-state index in [2.05, 4.69) is 11.4 Å².